The van der Waals surface area contributed by atoms with Crippen LogP contribution < -0.4 is 5.32 Å². The number of aryl methyl sites for hydroxylation is 1. The van der Waals surface area contributed by atoms with Gasteiger partial charge >= 0.3 is 0 Å². The van der Waals surface area contributed by atoms with Crippen molar-refractivity contribution in [1.82, 2.24) is 20.1 Å². The molecule has 21 heavy (non-hydrogen) atoms. The Balaban J connectivity index is 1.49. The quantitative estimate of drug-likeness (QED) is 0.785. The topological polar surface area (TPSA) is 89.9 Å². The van der Waals surface area contributed by atoms with Crippen LogP contribution >= 0.6 is 0 Å². The predicted octanol–water partition coefficient (Wildman–Crippen LogP) is 2.22. The zero-order valence-corrected chi connectivity index (χ0v) is 11.2. The number of rotatable bonds is 4. The lowest BCUT2D eigenvalue weighted by atomic mass is 10.2. The van der Waals surface area contributed by atoms with Crippen molar-refractivity contribution in [3.8, 4) is 11.7 Å². The van der Waals surface area contributed by atoms with E-state index in [0.29, 0.717) is 24.0 Å². The maximum Gasteiger partial charge on any atom is 0.293 e. The standard InChI is InChI=1S/C14H13N5O2/c1-3-9-10(4-1)16-8-17-13(9)15-7-12-18-14(21-19-12)11-5-2-6-20-11/h2,5-6,8H,1,3-4,7H2,(H,15,16,17). The molecule has 0 bridgehead atoms. The van der Waals surface area contributed by atoms with Crippen molar-refractivity contribution in [3.05, 3.63) is 41.8 Å². The molecule has 0 saturated carbocycles. The fraction of sp³-hybridized carbons (Fsp3) is 0.286. The monoisotopic (exact) mass is 283 g/mol. The van der Waals surface area contributed by atoms with Crippen molar-refractivity contribution in [1.29, 1.82) is 0 Å². The molecule has 7 heteroatoms. The molecule has 0 fully saturated rings. The summed E-state index contributed by atoms with van der Waals surface area (Å²) in [6.45, 7) is 0.452. The van der Waals surface area contributed by atoms with E-state index >= 15 is 0 Å². The molecule has 0 spiro atoms. The number of nitrogens with one attached hydrogen (secondary N) is 1. The van der Waals surface area contributed by atoms with Crippen LogP contribution in [0.2, 0.25) is 0 Å². The molecule has 0 unspecified atom stereocenters. The van der Waals surface area contributed by atoms with Crippen LogP contribution in [0.15, 0.2) is 33.7 Å². The molecule has 4 rings (SSSR count). The van der Waals surface area contributed by atoms with Crippen molar-refractivity contribution in [2.75, 3.05) is 5.32 Å². The zero-order valence-electron chi connectivity index (χ0n) is 11.2. The molecular weight excluding hydrogens is 270 g/mol. The van der Waals surface area contributed by atoms with Crippen molar-refractivity contribution in [3.63, 3.8) is 0 Å². The summed E-state index contributed by atoms with van der Waals surface area (Å²) in [6, 6.07) is 3.56. The molecule has 0 radical (unpaired) electrons. The molecule has 0 atom stereocenters. The van der Waals surface area contributed by atoms with Gasteiger partial charge in [-0.25, -0.2) is 9.97 Å². The van der Waals surface area contributed by atoms with Gasteiger partial charge in [-0.1, -0.05) is 5.16 Å². The second-order valence-corrected chi connectivity index (χ2v) is 4.85. The van der Waals surface area contributed by atoms with Gasteiger partial charge in [0.25, 0.3) is 5.89 Å². The Kier molecular flexibility index (Phi) is 2.88. The van der Waals surface area contributed by atoms with Crippen LogP contribution in [0.4, 0.5) is 5.82 Å². The van der Waals surface area contributed by atoms with Crippen LogP contribution in [0.25, 0.3) is 11.7 Å². The van der Waals surface area contributed by atoms with Crippen LogP contribution in [0.3, 0.4) is 0 Å². The van der Waals surface area contributed by atoms with Crippen LogP contribution in [-0.4, -0.2) is 20.1 Å². The lowest BCUT2D eigenvalue weighted by molar-refractivity contribution is 0.410. The van der Waals surface area contributed by atoms with Gasteiger partial charge < -0.3 is 14.3 Å². The van der Waals surface area contributed by atoms with E-state index in [-0.39, 0.29) is 0 Å². The lowest BCUT2D eigenvalue weighted by Crippen LogP contribution is -2.06. The van der Waals surface area contributed by atoms with Crippen molar-refractivity contribution in [2.24, 2.45) is 0 Å². The summed E-state index contributed by atoms with van der Waals surface area (Å²) in [5.74, 6) is 2.37. The molecule has 0 aromatic carbocycles. The number of nitrogens with zero attached hydrogens (tertiary/aromatic N) is 4. The zero-order chi connectivity index (χ0) is 14.1. The maximum atomic E-state index is 5.22. The van der Waals surface area contributed by atoms with E-state index < -0.39 is 0 Å². The van der Waals surface area contributed by atoms with Crippen LogP contribution in [0.1, 0.15) is 23.5 Å². The largest absolute Gasteiger partial charge is 0.459 e. The molecule has 1 aliphatic rings. The summed E-state index contributed by atoms with van der Waals surface area (Å²) in [7, 11) is 0. The Hall–Kier alpha value is -2.70. The fourth-order valence-corrected chi connectivity index (χ4v) is 2.50. The van der Waals surface area contributed by atoms with Crippen LogP contribution in [0.5, 0.6) is 0 Å². The summed E-state index contributed by atoms with van der Waals surface area (Å²) in [6.07, 6.45) is 6.34. The molecule has 3 heterocycles. The highest BCUT2D eigenvalue weighted by Crippen LogP contribution is 2.25. The van der Waals surface area contributed by atoms with Crippen molar-refractivity contribution >= 4 is 5.82 Å². The van der Waals surface area contributed by atoms with E-state index in [1.807, 2.05) is 0 Å². The molecule has 1 N–H and O–H groups in total. The third-order valence-corrected chi connectivity index (χ3v) is 3.49. The van der Waals surface area contributed by atoms with Gasteiger partial charge in [0.2, 0.25) is 0 Å². The molecule has 1 aliphatic carbocycles. The van der Waals surface area contributed by atoms with E-state index in [0.717, 1.165) is 30.8 Å². The van der Waals surface area contributed by atoms with Gasteiger partial charge in [0.1, 0.15) is 12.1 Å². The van der Waals surface area contributed by atoms with Gasteiger partial charge in [0.05, 0.1) is 12.8 Å². The van der Waals surface area contributed by atoms with Crippen LogP contribution in [-0.2, 0) is 19.4 Å². The second kappa shape index (κ2) is 5.01. The van der Waals surface area contributed by atoms with E-state index in [1.54, 1.807) is 24.7 Å². The Labute approximate surface area is 120 Å². The van der Waals surface area contributed by atoms with Gasteiger partial charge in [-0.05, 0) is 31.4 Å². The molecule has 0 amide bonds. The number of aromatic nitrogens is 4. The first-order valence-electron chi connectivity index (χ1n) is 6.83. The van der Waals surface area contributed by atoms with Crippen molar-refractivity contribution < 1.29 is 8.94 Å². The molecule has 106 valence electrons. The highest BCUT2D eigenvalue weighted by atomic mass is 16.5. The Morgan fingerprint density at radius 1 is 1.24 bits per heavy atom. The van der Waals surface area contributed by atoms with Gasteiger partial charge in [0, 0.05) is 11.3 Å². The summed E-state index contributed by atoms with van der Waals surface area (Å²) in [4.78, 5) is 12.9. The molecule has 0 aliphatic heterocycles. The Bertz CT molecular complexity index is 751. The third kappa shape index (κ3) is 2.26. The van der Waals surface area contributed by atoms with E-state index in [1.165, 1.54) is 5.56 Å². The average molecular weight is 283 g/mol. The minimum Gasteiger partial charge on any atom is -0.459 e. The lowest BCUT2D eigenvalue weighted by Gasteiger charge is -2.07. The Morgan fingerprint density at radius 2 is 2.24 bits per heavy atom. The molecular formula is C14H13N5O2. The predicted molar refractivity (Wildman–Crippen MR) is 73.4 cm³/mol. The van der Waals surface area contributed by atoms with Gasteiger partial charge in [-0.2, -0.15) is 4.98 Å². The molecule has 3 aromatic heterocycles. The summed E-state index contributed by atoms with van der Waals surface area (Å²) in [5.41, 5.74) is 2.34. The highest BCUT2D eigenvalue weighted by Gasteiger charge is 2.17. The minimum atomic E-state index is 0.379. The Morgan fingerprint density at radius 3 is 3.14 bits per heavy atom. The van der Waals surface area contributed by atoms with E-state index in [2.05, 4.69) is 25.4 Å². The normalized spacial score (nSPS) is 13.3. The molecule has 0 saturated heterocycles. The first-order chi connectivity index (χ1) is 10.4. The van der Waals surface area contributed by atoms with Crippen molar-refractivity contribution in [2.45, 2.75) is 25.8 Å². The van der Waals surface area contributed by atoms with Gasteiger partial charge in [-0.15, -0.1) is 0 Å². The number of furan rings is 1. The smallest absolute Gasteiger partial charge is 0.293 e. The van der Waals surface area contributed by atoms with Gasteiger partial charge in [-0.3, -0.25) is 0 Å². The minimum absolute atomic E-state index is 0.379. The average Bonchev–Trinajstić information content (AvgIpc) is 3.23. The number of hydrogen-bond acceptors (Lipinski definition) is 7. The summed E-state index contributed by atoms with van der Waals surface area (Å²) < 4.78 is 10.4. The summed E-state index contributed by atoms with van der Waals surface area (Å²) >= 11 is 0. The second-order valence-electron chi connectivity index (χ2n) is 4.85. The molecule has 7 nitrogen and oxygen atoms in total. The SMILES string of the molecule is c1coc(-c2nc(CNc3ncnc4c3CCC4)no2)c1. The fourth-order valence-electron chi connectivity index (χ4n) is 2.50. The number of fused-ring (bicyclic) bond motifs is 1. The third-order valence-electron chi connectivity index (χ3n) is 3.49. The van der Waals surface area contributed by atoms with E-state index in [9.17, 15) is 0 Å². The maximum absolute atomic E-state index is 5.22. The van der Waals surface area contributed by atoms with Gasteiger partial charge in [0.15, 0.2) is 11.6 Å². The van der Waals surface area contributed by atoms with Crippen LogP contribution in [0, 0.1) is 0 Å². The number of anilines is 1. The number of hydrogen-bond donors (Lipinski definition) is 1. The first kappa shape index (κ1) is 12.1. The summed E-state index contributed by atoms with van der Waals surface area (Å²) in [5, 5.41) is 7.18. The van der Waals surface area contributed by atoms with E-state index in [4.69, 9.17) is 8.94 Å². The first-order valence-corrected chi connectivity index (χ1v) is 6.83. The highest BCUT2D eigenvalue weighted by molar-refractivity contribution is 5.48. The molecule has 3 aromatic rings.